The van der Waals surface area contributed by atoms with Crippen LogP contribution in [0.5, 0.6) is 0 Å². The molecule has 0 aromatic heterocycles. The van der Waals surface area contributed by atoms with Crippen molar-refractivity contribution < 1.29 is 27.9 Å². The third-order valence-electron chi connectivity index (χ3n) is 4.02. The highest BCUT2D eigenvalue weighted by atomic mass is 32.2. The number of aliphatic carboxylic acids is 1. The fourth-order valence-electron chi connectivity index (χ4n) is 2.53. The van der Waals surface area contributed by atoms with E-state index in [-0.39, 0.29) is 42.4 Å². The summed E-state index contributed by atoms with van der Waals surface area (Å²) in [5.41, 5.74) is 0.134. The van der Waals surface area contributed by atoms with Crippen molar-refractivity contribution in [3.8, 4) is 0 Å². The van der Waals surface area contributed by atoms with E-state index < -0.39 is 27.9 Å². The number of amides is 2. The van der Waals surface area contributed by atoms with Crippen LogP contribution in [-0.2, 0) is 19.6 Å². The molecule has 1 aromatic carbocycles. The summed E-state index contributed by atoms with van der Waals surface area (Å²) in [6, 6.07) is 4.06. The van der Waals surface area contributed by atoms with Gasteiger partial charge in [-0.2, -0.15) is 4.31 Å². The zero-order chi connectivity index (χ0) is 20.0. The molecular weight excluding hydrogens is 374 g/mol. The minimum atomic E-state index is -3.85. The highest BCUT2D eigenvalue weighted by Crippen LogP contribution is 2.17. The molecule has 1 atom stereocenters. The number of allylic oxidation sites excluding steroid dienone is 1. The van der Waals surface area contributed by atoms with Crippen molar-refractivity contribution >= 4 is 27.8 Å². The van der Waals surface area contributed by atoms with Crippen molar-refractivity contribution in [2.24, 2.45) is 0 Å². The second-order valence-electron chi connectivity index (χ2n) is 5.94. The molecule has 1 heterocycles. The fraction of sp³-hybridized carbons (Fsp3) is 0.353. The van der Waals surface area contributed by atoms with Gasteiger partial charge < -0.3 is 15.7 Å². The van der Waals surface area contributed by atoms with E-state index in [1.54, 1.807) is 6.08 Å². The Balaban J connectivity index is 2.11. The number of carboxylic acids is 1. The van der Waals surface area contributed by atoms with E-state index in [1.807, 2.05) is 0 Å². The van der Waals surface area contributed by atoms with Crippen molar-refractivity contribution in [1.82, 2.24) is 14.9 Å². The van der Waals surface area contributed by atoms with E-state index >= 15 is 0 Å². The molecule has 0 bridgehead atoms. The monoisotopic (exact) mass is 395 g/mol. The minimum absolute atomic E-state index is 0.0461. The number of nitrogens with one attached hydrogen (secondary N) is 2. The van der Waals surface area contributed by atoms with E-state index in [2.05, 4.69) is 17.2 Å². The van der Waals surface area contributed by atoms with Gasteiger partial charge in [-0.3, -0.25) is 9.59 Å². The Hall–Kier alpha value is -2.72. The van der Waals surface area contributed by atoms with Crippen molar-refractivity contribution in [2.45, 2.75) is 23.8 Å². The lowest BCUT2D eigenvalue weighted by molar-refractivity contribution is -0.139. The van der Waals surface area contributed by atoms with Gasteiger partial charge in [-0.25, -0.2) is 13.2 Å². The number of piperazine rings is 1. The number of hydrogen-bond donors (Lipinski definition) is 3. The van der Waals surface area contributed by atoms with Crippen molar-refractivity contribution in [1.29, 1.82) is 0 Å². The Bertz CT molecular complexity index is 835. The van der Waals surface area contributed by atoms with Gasteiger partial charge in [0, 0.05) is 18.7 Å². The predicted molar refractivity (Wildman–Crippen MR) is 96.5 cm³/mol. The van der Waals surface area contributed by atoms with E-state index in [0.29, 0.717) is 6.42 Å². The van der Waals surface area contributed by atoms with Gasteiger partial charge in [-0.15, -0.1) is 6.58 Å². The average Bonchev–Trinajstić information content (AvgIpc) is 2.64. The maximum absolute atomic E-state index is 12.6. The summed E-state index contributed by atoms with van der Waals surface area (Å²) in [6.07, 6.45) is 2.19. The molecule has 3 N–H and O–H groups in total. The third kappa shape index (κ3) is 5.14. The molecule has 1 saturated heterocycles. The standard InChI is InChI=1S/C17H21N3O6S/c1-2-3-4-14(17(23)24)19-16(22)12-5-7-13(8-6-12)27(25,26)20-10-9-18-15(21)11-20/h2,5-8,14H,1,3-4,9-11H2,(H,18,21)(H,19,22)(H,23,24). The molecule has 146 valence electrons. The lowest BCUT2D eigenvalue weighted by Gasteiger charge is -2.25. The maximum atomic E-state index is 12.6. The van der Waals surface area contributed by atoms with Gasteiger partial charge in [0.1, 0.15) is 6.04 Å². The molecule has 1 aliphatic rings. The first-order valence-electron chi connectivity index (χ1n) is 8.27. The van der Waals surface area contributed by atoms with Gasteiger partial charge >= 0.3 is 5.97 Å². The zero-order valence-electron chi connectivity index (χ0n) is 14.6. The quantitative estimate of drug-likeness (QED) is 0.529. The molecular formula is C17H21N3O6S. The molecule has 0 aliphatic carbocycles. The van der Waals surface area contributed by atoms with Gasteiger partial charge in [0.2, 0.25) is 15.9 Å². The number of nitrogens with zero attached hydrogens (tertiary/aromatic N) is 1. The smallest absolute Gasteiger partial charge is 0.326 e. The Labute approximate surface area is 157 Å². The molecule has 1 aromatic rings. The topological polar surface area (TPSA) is 133 Å². The number of hydrogen-bond acceptors (Lipinski definition) is 5. The van der Waals surface area contributed by atoms with Crippen LogP contribution in [0.1, 0.15) is 23.2 Å². The van der Waals surface area contributed by atoms with Gasteiger partial charge in [0.05, 0.1) is 11.4 Å². The number of rotatable bonds is 8. The normalized spacial score (nSPS) is 16.2. The van der Waals surface area contributed by atoms with Crippen LogP contribution < -0.4 is 10.6 Å². The Kier molecular flexibility index (Phi) is 6.70. The Morgan fingerprint density at radius 2 is 2.00 bits per heavy atom. The second-order valence-corrected chi connectivity index (χ2v) is 7.88. The molecule has 1 unspecified atom stereocenters. The predicted octanol–water partition coefficient (Wildman–Crippen LogP) is -0.0437. The molecule has 1 fully saturated rings. The molecule has 2 amide bonds. The van der Waals surface area contributed by atoms with Crippen LogP contribution in [0.2, 0.25) is 0 Å². The summed E-state index contributed by atoms with van der Waals surface area (Å²) in [4.78, 5) is 34.8. The molecule has 0 radical (unpaired) electrons. The summed E-state index contributed by atoms with van der Waals surface area (Å²) >= 11 is 0. The highest BCUT2D eigenvalue weighted by Gasteiger charge is 2.29. The lowest BCUT2D eigenvalue weighted by atomic mass is 10.1. The van der Waals surface area contributed by atoms with E-state index in [4.69, 9.17) is 5.11 Å². The molecule has 0 saturated carbocycles. The molecule has 10 heteroatoms. The summed E-state index contributed by atoms with van der Waals surface area (Å²) in [7, 11) is -3.85. The second kappa shape index (κ2) is 8.78. The van der Waals surface area contributed by atoms with Crippen molar-refractivity contribution in [2.75, 3.05) is 19.6 Å². The lowest BCUT2D eigenvalue weighted by Crippen LogP contribution is -2.49. The van der Waals surface area contributed by atoms with Crippen LogP contribution in [0.15, 0.2) is 41.8 Å². The fourth-order valence-corrected chi connectivity index (χ4v) is 3.93. The maximum Gasteiger partial charge on any atom is 0.326 e. The molecule has 27 heavy (non-hydrogen) atoms. The van der Waals surface area contributed by atoms with Crippen LogP contribution >= 0.6 is 0 Å². The van der Waals surface area contributed by atoms with Crippen molar-refractivity contribution in [3.63, 3.8) is 0 Å². The average molecular weight is 395 g/mol. The summed E-state index contributed by atoms with van der Waals surface area (Å²) < 4.78 is 26.2. The van der Waals surface area contributed by atoms with Crippen LogP contribution in [0.4, 0.5) is 0 Å². The number of benzene rings is 1. The van der Waals surface area contributed by atoms with E-state index in [9.17, 15) is 22.8 Å². The first kappa shape index (κ1) is 20.6. The summed E-state index contributed by atoms with van der Waals surface area (Å²) in [5.74, 6) is -2.15. The van der Waals surface area contributed by atoms with E-state index in [1.165, 1.54) is 24.3 Å². The third-order valence-corrected chi connectivity index (χ3v) is 5.88. The zero-order valence-corrected chi connectivity index (χ0v) is 15.4. The largest absolute Gasteiger partial charge is 0.480 e. The first-order valence-corrected chi connectivity index (χ1v) is 9.71. The molecule has 1 aliphatic heterocycles. The number of carboxylic acid groups (broad SMARTS) is 1. The molecule has 2 rings (SSSR count). The van der Waals surface area contributed by atoms with Gasteiger partial charge in [-0.1, -0.05) is 6.08 Å². The van der Waals surface area contributed by atoms with Crippen LogP contribution in [0.3, 0.4) is 0 Å². The Morgan fingerprint density at radius 3 is 2.56 bits per heavy atom. The SMILES string of the molecule is C=CCCC(NC(=O)c1ccc(S(=O)(=O)N2CCNC(=O)C2)cc1)C(=O)O. The highest BCUT2D eigenvalue weighted by molar-refractivity contribution is 7.89. The van der Waals surface area contributed by atoms with Gasteiger partial charge in [0.25, 0.3) is 5.91 Å². The number of carbonyl (C=O) groups is 3. The van der Waals surface area contributed by atoms with Crippen LogP contribution in [0.25, 0.3) is 0 Å². The van der Waals surface area contributed by atoms with Crippen LogP contribution in [0, 0.1) is 0 Å². The van der Waals surface area contributed by atoms with Crippen LogP contribution in [-0.4, -0.2) is 61.3 Å². The number of carbonyl (C=O) groups excluding carboxylic acids is 2. The molecule has 9 nitrogen and oxygen atoms in total. The number of sulfonamides is 1. The van der Waals surface area contributed by atoms with E-state index in [0.717, 1.165) is 4.31 Å². The van der Waals surface area contributed by atoms with Gasteiger partial charge in [0.15, 0.2) is 0 Å². The van der Waals surface area contributed by atoms with Crippen molar-refractivity contribution in [3.05, 3.63) is 42.5 Å². The first-order chi connectivity index (χ1) is 12.8. The minimum Gasteiger partial charge on any atom is -0.480 e. The summed E-state index contributed by atoms with van der Waals surface area (Å²) in [6.45, 7) is 3.66. The van der Waals surface area contributed by atoms with Gasteiger partial charge in [-0.05, 0) is 37.1 Å². The Morgan fingerprint density at radius 1 is 1.33 bits per heavy atom. The molecule has 0 spiro atoms. The summed E-state index contributed by atoms with van der Waals surface area (Å²) in [5, 5.41) is 14.1.